The van der Waals surface area contributed by atoms with Crippen LogP contribution in [0.1, 0.15) is 24.3 Å². The van der Waals surface area contributed by atoms with Crippen molar-refractivity contribution in [1.29, 1.82) is 0 Å². The summed E-state index contributed by atoms with van der Waals surface area (Å²) >= 11 is 8.85. The van der Waals surface area contributed by atoms with Crippen LogP contribution in [0, 0.1) is 0 Å². The largest absolute Gasteiger partial charge is 0.495 e. The average Bonchev–Trinajstić information content (AvgIpc) is 2.92. The molecule has 102 valence electrons. The SMILES string of the molecule is CCC(Nc1cc(OC)c(Br)cc1Br)c1cccs1. The highest BCUT2D eigenvalue weighted by Crippen LogP contribution is 2.37. The fourth-order valence-electron chi connectivity index (χ4n) is 1.85. The van der Waals surface area contributed by atoms with Crippen molar-refractivity contribution >= 4 is 48.9 Å². The van der Waals surface area contributed by atoms with E-state index < -0.39 is 0 Å². The van der Waals surface area contributed by atoms with Crippen LogP contribution in [0.25, 0.3) is 0 Å². The third kappa shape index (κ3) is 3.52. The first kappa shape index (κ1) is 14.9. The number of methoxy groups -OCH3 is 1. The monoisotopic (exact) mass is 403 g/mol. The number of halogens is 2. The van der Waals surface area contributed by atoms with Crippen molar-refractivity contribution in [3.63, 3.8) is 0 Å². The van der Waals surface area contributed by atoms with E-state index in [0.29, 0.717) is 6.04 Å². The smallest absolute Gasteiger partial charge is 0.135 e. The summed E-state index contributed by atoms with van der Waals surface area (Å²) in [5.41, 5.74) is 1.04. The number of benzene rings is 1. The molecule has 0 saturated carbocycles. The van der Waals surface area contributed by atoms with E-state index >= 15 is 0 Å². The van der Waals surface area contributed by atoms with Gasteiger partial charge in [-0.2, -0.15) is 0 Å². The van der Waals surface area contributed by atoms with Crippen LogP contribution in [0.3, 0.4) is 0 Å². The van der Waals surface area contributed by atoms with E-state index in [-0.39, 0.29) is 0 Å². The quantitative estimate of drug-likeness (QED) is 0.675. The zero-order valence-electron chi connectivity index (χ0n) is 10.7. The fourth-order valence-corrected chi connectivity index (χ4v) is 3.98. The van der Waals surface area contributed by atoms with Crippen molar-refractivity contribution < 1.29 is 4.74 Å². The topological polar surface area (TPSA) is 21.3 Å². The first-order chi connectivity index (χ1) is 9.15. The van der Waals surface area contributed by atoms with Gasteiger partial charge in [-0.25, -0.2) is 0 Å². The van der Waals surface area contributed by atoms with E-state index in [1.165, 1.54) is 4.88 Å². The lowest BCUT2D eigenvalue weighted by atomic mass is 10.1. The second-order valence-corrected chi connectivity index (χ2v) is 6.78. The normalized spacial score (nSPS) is 12.2. The van der Waals surface area contributed by atoms with Crippen LogP contribution >= 0.6 is 43.2 Å². The maximum atomic E-state index is 5.34. The molecule has 2 nitrogen and oxygen atoms in total. The molecule has 2 aromatic rings. The highest BCUT2D eigenvalue weighted by atomic mass is 79.9. The first-order valence-corrected chi connectivity index (χ1v) is 8.45. The Morgan fingerprint density at radius 3 is 2.68 bits per heavy atom. The Bertz CT molecular complexity index is 543. The minimum absolute atomic E-state index is 0.321. The van der Waals surface area contributed by atoms with E-state index in [0.717, 1.165) is 26.8 Å². The molecular weight excluding hydrogens is 390 g/mol. The molecule has 0 fully saturated rings. The second-order valence-electron chi connectivity index (χ2n) is 4.09. The number of thiophene rings is 1. The zero-order valence-corrected chi connectivity index (χ0v) is 14.7. The summed E-state index contributed by atoms with van der Waals surface area (Å²) in [6.07, 6.45) is 1.03. The molecule has 19 heavy (non-hydrogen) atoms. The molecule has 1 unspecified atom stereocenters. The van der Waals surface area contributed by atoms with E-state index in [1.54, 1.807) is 18.4 Å². The van der Waals surface area contributed by atoms with Gasteiger partial charge in [-0.3, -0.25) is 0 Å². The highest BCUT2D eigenvalue weighted by Gasteiger charge is 2.13. The van der Waals surface area contributed by atoms with Crippen LogP contribution in [-0.4, -0.2) is 7.11 Å². The maximum Gasteiger partial charge on any atom is 0.135 e. The number of hydrogen-bond acceptors (Lipinski definition) is 3. The second kappa shape index (κ2) is 6.77. The molecule has 2 rings (SSSR count). The highest BCUT2D eigenvalue weighted by molar-refractivity contribution is 9.11. The van der Waals surface area contributed by atoms with Crippen molar-refractivity contribution in [3.8, 4) is 5.75 Å². The molecular formula is C14H15Br2NOS. The molecule has 0 bridgehead atoms. The molecule has 0 saturated heterocycles. The van der Waals surface area contributed by atoms with E-state index in [2.05, 4.69) is 61.6 Å². The molecule has 0 spiro atoms. The first-order valence-electron chi connectivity index (χ1n) is 5.98. The molecule has 0 aliphatic heterocycles. The van der Waals surface area contributed by atoms with Gasteiger partial charge >= 0.3 is 0 Å². The number of nitrogens with one attached hydrogen (secondary N) is 1. The number of rotatable bonds is 5. The Hall–Kier alpha value is -0.520. The van der Waals surface area contributed by atoms with Gasteiger partial charge in [0.05, 0.1) is 23.3 Å². The molecule has 0 aliphatic rings. The standard InChI is InChI=1S/C14H15Br2NOS/c1-3-11(14-5-4-6-19-14)17-12-8-13(18-2)10(16)7-9(12)15/h4-8,11,17H,3H2,1-2H3. The summed E-state index contributed by atoms with van der Waals surface area (Å²) in [6.45, 7) is 2.18. The number of hydrogen-bond donors (Lipinski definition) is 1. The van der Waals surface area contributed by atoms with Gasteiger partial charge in [0, 0.05) is 15.4 Å². The molecule has 1 N–H and O–H groups in total. The summed E-state index contributed by atoms with van der Waals surface area (Å²) < 4.78 is 7.31. The summed E-state index contributed by atoms with van der Waals surface area (Å²) in [5, 5.41) is 5.67. The summed E-state index contributed by atoms with van der Waals surface area (Å²) in [7, 11) is 1.67. The molecule has 1 heterocycles. The van der Waals surface area contributed by atoms with Gasteiger partial charge in [0.25, 0.3) is 0 Å². The van der Waals surface area contributed by atoms with E-state index in [4.69, 9.17) is 4.74 Å². The molecule has 0 aliphatic carbocycles. The molecule has 1 atom stereocenters. The van der Waals surface area contributed by atoms with Gasteiger partial charge in [0.1, 0.15) is 5.75 Å². The lowest BCUT2D eigenvalue weighted by Crippen LogP contribution is -2.08. The van der Waals surface area contributed by atoms with Gasteiger partial charge in [-0.05, 0) is 55.8 Å². The van der Waals surface area contributed by atoms with Gasteiger partial charge in [0.15, 0.2) is 0 Å². The Morgan fingerprint density at radius 2 is 2.11 bits per heavy atom. The molecule has 1 aromatic heterocycles. The van der Waals surface area contributed by atoms with Crippen LogP contribution in [0.2, 0.25) is 0 Å². The number of anilines is 1. The van der Waals surface area contributed by atoms with Gasteiger partial charge in [-0.15, -0.1) is 11.3 Å². The maximum absolute atomic E-state index is 5.34. The Labute approximate surface area is 134 Å². The van der Waals surface area contributed by atoms with Crippen molar-refractivity contribution in [2.75, 3.05) is 12.4 Å². The van der Waals surface area contributed by atoms with E-state index in [9.17, 15) is 0 Å². The predicted molar refractivity (Wildman–Crippen MR) is 89.4 cm³/mol. The minimum atomic E-state index is 0.321. The number of ether oxygens (including phenoxy) is 1. The zero-order chi connectivity index (χ0) is 13.8. The van der Waals surface area contributed by atoms with Gasteiger partial charge in [-0.1, -0.05) is 13.0 Å². The van der Waals surface area contributed by atoms with Crippen molar-refractivity contribution in [2.45, 2.75) is 19.4 Å². The molecule has 0 amide bonds. The Balaban J connectivity index is 2.27. The lowest BCUT2D eigenvalue weighted by molar-refractivity contribution is 0.412. The van der Waals surface area contributed by atoms with Crippen LogP contribution < -0.4 is 10.1 Å². The Morgan fingerprint density at radius 1 is 1.32 bits per heavy atom. The van der Waals surface area contributed by atoms with Crippen LogP contribution in [0.5, 0.6) is 5.75 Å². The Kier molecular flexibility index (Phi) is 5.30. The van der Waals surface area contributed by atoms with Crippen LogP contribution in [-0.2, 0) is 0 Å². The third-order valence-electron chi connectivity index (χ3n) is 2.87. The molecule has 0 radical (unpaired) electrons. The van der Waals surface area contributed by atoms with Crippen molar-refractivity contribution in [2.24, 2.45) is 0 Å². The average molecular weight is 405 g/mol. The third-order valence-corrected chi connectivity index (χ3v) is 5.13. The minimum Gasteiger partial charge on any atom is -0.495 e. The van der Waals surface area contributed by atoms with E-state index in [1.807, 2.05) is 12.1 Å². The summed E-state index contributed by atoms with van der Waals surface area (Å²) in [5.74, 6) is 0.826. The van der Waals surface area contributed by atoms with Gasteiger partial charge < -0.3 is 10.1 Å². The lowest BCUT2D eigenvalue weighted by Gasteiger charge is -2.19. The van der Waals surface area contributed by atoms with Crippen molar-refractivity contribution in [1.82, 2.24) is 0 Å². The van der Waals surface area contributed by atoms with Crippen molar-refractivity contribution in [3.05, 3.63) is 43.5 Å². The predicted octanol–water partition coefficient (Wildman–Crippen LogP) is 5.84. The van der Waals surface area contributed by atoms with Crippen LogP contribution in [0.4, 0.5) is 5.69 Å². The molecule has 1 aromatic carbocycles. The fraction of sp³-hybridized carbons (Fsp3) is 0.286. The van der Waals surface area contributed by atoms with Gasteiger partial charge in [0.2, 0.25) is 0 Å². The molecule has 5 heteroatoms. The summed E-state index contributed by atoms with van der Waals surface area (Å²) in [6, 6.07) is 8.58. The summed E-state index contributed by atoms with van der Waals surface area (Å²) in [4.78, 5) is 1.34. The van der Waals surface area contributed by atoms with Crippen LogP contribution in [0.15, 0.2) is 38.6 Å².